The molecular weight excluding hydrogens is 366 g/mol. The zero-order valence-electron chi connectivity index (χ0n) is 15.4. The fourth-order valence-electron chi connectivity index (χ4n) is 2.72. The lowest BCUT2D eigenvalue weighted by Gasteiger charge is -2.10. The average Bonchev–Trinajstić information content (AvgIpc) is 2.96. The Hall–Kier alpha value is -2.71. The lowest BCUT2D eigenvalue weighted by Crippen LogP contribution is -2.28. The molecule has 8 heteroatoms. The Labute approximate surface area is 157 Å². The largest absolute Gasteiger partial charge is 0.441 e. The molecule has 0 unspecified atom stereocenters. The number of sulfonamides is 1. The third kappa shape index (κ3) is 4.53. The van der Waals surface area contributed by atoms with Crippen LogP contribution < -0.4 is 10.0 Å². The van der Waals surface area contributed by atoms with Crippen molar-refractivity contribution < 1.29 is 17.6 Å². The Morgan fingerprint density at radius 2 is 1.89 bits per heavy atom. The van der Waals surface area contributed by atoms with E-state index in [4.69, 9.17) is 4.42 Å². The molecule has 3 aromatic rings. The normalized spacial score (nSPS) is 11.7. The maximum absolute atomic E-state index is 12.4. The van der Waals surface area contributed by atoms with Gasteiger partial charge in [-0.2, -0.15) is 0 Å². The van der Waals surface area contributed by atoms with Crippen molar-refractivity contribution in [3.05, 3.63) is 53.4 Å². The number of hydrogen-bond acceptors (Lipinski definition) is 5. The number of nitrogens with one attached hydrogen (secondary N) is 2. The van der Waals surface area contributed by atoms with Gasteiger partial charge < -0.3 is 9.73 Å². The van der Waals surface area contributed by atoms with Gasteiger partial charge in [0.25, 0.3) is 0 Å². The van der Waals surface area contributed by atoms with Crippen molar-refractivity contribution >= 4 is 32.7 Å². The summed E-state index contributed by atoms with van der Waals surface area (Å²) in [6.45, 7) is 5.33. The molecule has 1 heterocycles. The van der Waals surface area contributed by atoms with E-state index in [9.17, 15) is 13.2 Å². The molecule has 0 atom stereocenters. The van der Waals surface area contributed by atoms with E-state index in [0.29, 0.717) is 28.2 Å². The Kier molecular flexibility index (Phi) is 5.29. The molecule has 1 amide bonds. The first-order chi connectivity index (χ1) is 12.7. The van der Waals surface area contributed by atoms with Gasteiger partial charge in [-0.05, 0) is 49.2 Å². The Bertz CT molecular complexity index is 1100. The van der Waals surface area contributed by atoms with E-state index in [0.717, 1.165) is 5.56 Å². The summed E-state index contributed by atoms with van der Waals surface area (Å²) in [4.78, 5) is 16.6. The molecule has 0 spiro atoms. The number of oxazole rings is 1. The molecule has 0 fully saturated rings. The molecule has 0 saturated heterocycles. The zero-order chi connectivity index (χ0) is 19.6. The van der Waals surface area contributed by atoms with Gasteiger partial charge in [0.05, 0.1) is 4.90 Å². The van der Waals surface area contributed by atoms with Crippen molar-refractivity contribution in [3.8, 4) is 0 Å². The first kappa shape index (κ1) is 19.1. The predicted molar refractivity (Wildman–Crippen MR) is 103 cm³/mol. The second kappa shape index (κ2) is 7.50. The van der Waals surface area contributed by atoms with E-state index in [1.807, 2.05) is 13.0 Å². The summed E-state index contributed by atoms with van der Waals surface area (Å²) in [5, 5.41) is 2.73. The van der Waals surface area contributed by atoms with Crippen molar-refractivity contribution in [1.29, 1.82) is 0 Å². The van der Waals surface area contributed by atoms with Crippen LogP contribution in [0.15, 0.2) is 45.7 Å². The molecule has 1 aromatic heterocycles. The van der Waals surface area contributed by atoms with Crippen LogP contribution in [0, 0.1) is 20.8 Å². The molecule has 0 aliphatic heterocycles. The summed E-state index contributed by atoms with van der Waals surface area (Å²) in [6.07, 6.45) is 0.0139. The minimum absolute atomic E-state index is 0.00681. The first-order valence-corrected chi connectivity index (χ1v) is 9.97. The van der Waals surface area contributed by atoms with Crippen LogP contribution in [0.1, 0.15) is 23.4 Å². The molecule has 0 radical (unpaired) electrons. The number of carbonyl (C=O) groups is 1. The number of benzene rings is 2. The Morgan fingerprint density at radius 1 is 1.11 bits per heavy atom. The van der Waals surface area contributed by atoms with Gasteiger partial charge in [0.1, 0.15) is 5.52 Å². The van der Waals surface area contributed by atoms with Crippen LogP contribution >= 0.6 is 0 Å². The van der Waals surface area contributed by atoms with Gasteiger partial charge in [-0.15, -0.1) is 0 Å². The summed E-state index contributed by atoms with van der Waals surface area (Å²) in [5.74, 6) is 0.257. The smallest absolute Gasteiger partial charge is 0.240 e. The summed E-state index contributed by atoms with van der Waals surface area (Å²) in [7, 11) is -3.66. The number of anilines is 1. The minimum Gasteiger partial charge on any atom is -0.441 e. The second-order valence-corrected chi connectivity index (χ2v) is 8.12. The lowest BCUT2D eigenvalue weighted by molar-refractivity contribution is -0.116. The molecule has 0 saturated carbocycles. The molecule has 3 rings (SSSR count). The highest BCUT2D eigenvalue weighted by atomic mass is 32.2. The van der Waals surface area contributed by atoms with Gasteiger partial charge >= 0.3 is 0 Å². The third-order valence-corrected chi connectivity index (χ3v) is 5.66. The van der Waals surface area contributed by atoms with Crippen molar-refractivity contribution in [2.45, 2.75) is 32.1 Å². The summed E-state index contributed by atoms with van der Waals surface area (Å²) in [6, 6.07) is 10.4. The molecular formula is C19H21N3O4S. The maximum Gasteiger partial charge on any atom is 0.240 e. The van der Waals surface area contributed by atoms with E-state index in [2.05, 4.69) is 15.0 Å². The van der Waals surface area contributed by atoms with Crippen LogP contribution in [0.2, 0.25) is 0 Å². The van der Waals surface area contributed by atoms with Gasteiger partial charge in [0.2, 0.25) is 15.9 Å². The van der Waals surface area contributed by atoms with Gasteiger partial charge in [0, 0.05) is 25.6 Å². The number of fused-ring (bicyclic) bond motifs is 1. The monoisotopic (exact) mass is 387 g/mol. The SMILES string of the molecule is Cc1ccc(C)c(S(=O)(=O)NCCC(=O)Nc2ccc3oc(C)nc3c2)c1. The summed E-state index contributed by atoms with van der Waals surface area (Å²) < 4.78 is 32.7. The topological polar surface area (TPSA) is 101 Å². The number of hydrogen-bond donors (Lipinski definition) is 2. The number of amides is 1. The lowest BCUT2D eigenvalue weighted by atomic mass is 10.2. The minimum atomic E-state index is -3.66. The fraction of sp³-hybridized carbons (Fsp3) is 0.263. The van der Waals surface area contributed by atoms with E-state index >= 15 is 0 Å². The Balaban J connectivity index is 1.59. The Morgan fingerprint density at radius 3 is 2.67 bits per heavy atom. The first-order valence-electron chi connectivity index (χ1n) is 8.48. The van der Waals surface area contributed by atoms with Gasteiger partial charge in [-0.25, -0.2) is 18.1 Å². The molecule has 2 aromatic carbocycles. The molecule has 2 N–H and O–H groups in total. The van der Waals surface area contributed by atoms with Crippen LogP contribution in [0.3, 0.4) is 0 Å². The number of aryl methyl sites for hydroxylation is 3. The molecule has 7 nitrogen and oxygen atoms in total. The van der Waals surface area contributed by atoms with Crippen molar-refractivity contribution in [1.82, 2.24) is 9.71 Å². The van der Waals surface area contributed by atoms with Crippen molar-refractivity contribution in [2.24, 2.45) is 0 Å². The standard InChI is InChI=1S/C19H21N3O4S/c1-12-4-5-13(2)18(10-12)27(24,25)20-9-8-19(23)22-15-6-7-17-16(11-15)21-14(3)26-17/h4-7,10-11,20H,8-9H2,1-3H3,(H,22,23). The van der Waals surface area contributed by atoms with Gasteiger partial charge in [-0.1, -0.05) is 12.1 Å². The van der Waals surface area contributed by atoms with Crippen molar-refractivity contribution in [3.63, 3.8) is 0 Å². The van der Waals surface area contributed by atoms with E-state index in [1.54, 1.807) is 44.2 Å². The molecule has 0 aliphatic rings. The third-order valence-electron chi connectivity index (χ3n) is 4.06. The number of rotatable bonds is 6. The second-order valence-electron chi connectivity index (χ2n) is 6.38. The highest BCUT2D eigenvalue weighted by Gasteiger charge is 2.17. The number of aromatic nitrogens is 1. The van der Waals surface area contributed by atoms with Crippen molar-refractivity contribution in [2.75, 3.05) is 11.9 Å². The van der Waals surface area contributed by atoms with E-state index in [1.165, 1.54) is 0 Å². The van der Waals surface area contributed by atoms with E-state index in [-0.39, 0.29) is 23.8 Å². The maximum atomic E-state index is 12.4. The van der Waals surface area contributed by atoms with Crippen LogP contribution in [-0.2, 0) is 14.8 Å². The molecule has 27 heavy (non-hydrogen) atoms. The molecule has 142 valence electrons. The van der Waals surface area contributed by atoms with Crippen LogP contribution in [0.4, 0.5) is 5.69 Å². The quantitative estimate of drug-likeness (QED) is 0.677. The number of carbonyl (C=O) groups excluding carboxylic acids is 1. The van der Waals surface area contributed by atoms with Crippen LogP contribution in [-0.4, -0.2) is 25.9 Å². The van der Waals surface area contributed by atoms with Gasteiger partial charge in [0.15, 0.2) is 11.5 Å². The fourth-order valence-corrected chi connectivity index (χ4v) is 4.08. The molecule has 0 bridgehead atoms. The van der Waals surface area contributed by atoms with E-state index < -0.39 is 10.0 Å². The zero-order valence-corrected chi connectivity index (χ0v) is 16.2. The molecule has 0 aliphatic carbocycles. The summed E-state index contributed by atoms with van der Waals surface area (Å²) in [5.41, 5.74) is 3.40. The van der Waals surface area contributed by atoms with Gasteiger partial charge in [-0.3, -0.25) is 4.79 Å². The predicted octanol–water partition coefficient (Wildman–Crippen LogP) is 3.06. The number of nitrogens with zero attached hydrogens (tertiary/aromatic N) is 1. The summed E-state index contributed by atoms with van der Waals surface area (Å²) >= 11 is 0. The highest BCUT2D eigenvalue weighted by Crippen LogP contribution is 2.20. The average molecular weight is 387 g/mol. The highest BCUT2D eigenvalue weighted by molar-refractivity contribution is 7.89. The van der Waals surface area contributed by atoms with Crippen LogP contribution in [0.25, 0.3) is 11.1 Å². The van der Waals surface area contributed by atoms with Crippen LogP contribution in [0.5, 0.6) is 0 Å².